The van der Waals surface area contributed by atoms with Crippen molar-refractivity contribution in [2.24, 2.45) is 0 Å². The number of amides is 1. The number of carbonyl (C=O) groups is 2. The van der Waals surface area contributed by atoms with Crippen molar-refractivity contribution >= 4 is 29.1 Å². The molecule has 0 radical (unpaired) electrons. The summed E-state index contributed by atoms with van der Waals surface area (Å²) >= 11 is 0. The molecule has 3 aromatic rings. The average Bonchev–Trinajstić information content (AvgIpc) is 2.78. The van der Waals surface area contributed by atoms with Crippen molar-refractivity contribution < 1.29 is 14.3 Å². The first-order chi connectivity index (χ1) is 14.2. The van der Waals surface area contributed by atoms with Crippen LogP contribution in [0, 0.1) is 0 Å². The number of para-hydroxylation sites is 2. The normalized spacial score (nSPS) is 12.8. The highest BCUT2D eigenvalue weighted by molar-refractivity contribution is 6.07. The fourth-order valence-corrected chi connectivity index (χ4v) is 3.43. The van der Waals surface area contributed by atoms with Crippen molar-refractivity contribution in [2.45, 2.75) is 12.8 Å². The summed E-state index contributed by atoms with van der Waals surface area (Å²) in [5, 5.41) is 11.1. The summed E-state index contributed by atoms with van der Waals surface area (Å²) in [4.78, 5) is 26.6. The molecule has 29 heavy (non-hydrogen) atoms. The van der Waals surface area contributed by atoms with Crippen LogP contribution in [0.4, 0.5) is 17.2 Å². The fraction of sp³-hybridized carbons (Fsp3) is 0.182. The summed E-state index contributed by atoms with van der Waals surface area (Å²) < 4.78 is 4.75. The van der Waals surface area contributed by atoms with Crippen LogP contribution in [0.3, 0.4) is 0 Å². The Morgan fingerprint density at radius 3 is 2.59 bits per heavy atom. The van der Waals surface area contributed by atoms with E-state index in [9.17, 15) is 9.59 Å². The Bertz CT molecular complexity index is 1050. The third-order valence-corrected chi connectivity index (χ3v) is 4.85. The molecule has 0 bridgehead atoms. The number of carbonyl (C=O) groups excluding carboxylic acids is 2. The first-order valence-corrected chi connectivity index (χ1v) is 9.35. The summed E-state index contributed by atoms with van der Waals surface area (Å²) in [6.07, 6.45) is 2.07. The van der Waals surface area contributed by atoms with Gasteiger partial charge in [0.05, 0.1) is 18.4 Å². The van der Waals surface area contributed by atoms with Gasteiger partial charge in [-0.25, -0.2) is 4.79 Å². The molecular weight excluding hydrogens is 368 g/mol. The molecular formula is C22H20N4O3. The number of ether oxygens (including phenoxy) is 1. The van der Waals surface area contributed by atoms with Crippen molar-refractivity contribution in [3.05, 3.63) is 77.5 Å². The van der Waals surface area contributed by atoms with E-state index >= 15 is 0 Å². The van der Waals surface area contributed by atoms with Gasteiger partial charge in [0.25, 0.3) is 5.91 Å². The summed E-state index contributed by atoms with van der Waals surface area (Å²) in [6.45, 7) is 0.851. The highest BCUT2D eigenvalue weighted by atomic mass is 16.5. The zero-order valence-electron chi connectivity index (χ0n) is 16.0. The Labute approximate surface area is 168 Å². The molecule has 0 atom stereocenters. The van der Waals surface area contributed by atoms with Gasteiger partial charge in [-0.05, 0) is 48.7 Å². The number of fused-ring (bicyclic) bond motifs is 1. The lowest BCUT2D eigenvalue weighted by Crippen LogP contribution is -2.26. The molecule has 1 N–H and O–H groups in total. The van der Waals surface area contributed by atoms with E-state index < -0.39 is 11.9 Å². The molecule has 1 amide bonds. The lowest BCUT2D eigenvalue weighted by Gasteiger charge is -2.29. The molecule has 0 aliphatic carbocycles. The fourth-order valence-electron chi connectivity index (χ4n) is 3.43. The van der Waals surface area contributed by atoms with Gasteiger partial charge >= 0.3 is 5.97 Å². The van der Waals surface area contributed by atoms with Crippen LogP contribution in [0.25, 0.3) is 0 Å². The largest absolute Gasteiger partial charge is 0.465 e. The smallest absolute Gasteiger partial charge is 0.339 e. The van der Waals surface area contributed by atoms with E-state index in [4.69, 9.17) is 4.74 Å². The van der Waals surface area contributed by atoms with E-state index in [0.29, 0.717) is 11.5 Å². The minimum atomic E-state index is -0.522. The maximum Gasteiger partial charge on any atom is 0.339 e. The monoisotopic (exact) mass is 388 g/mol. The molecule has 7 heteroatoms. The van der Waals surface area contributed by atoms with E-state index in [1.54, 1.807) is 36.4 Å². The summed E-state index contributed by atoms with van der Waals surface area (Å²) in [5.74, 6) is -0.269. The molecule has 1 aliphatic rings. The summed E-state index contributed by atoms with van der Waals surface area (Å²) in [5.41, 5.74) is 3.20. The molecule has 0 fully saturated rings. The maximum atomic E-state index is 12.6. The van der Waals surface area contributed by atoms with Crippen LogP contribution in [0.5, 0.6) is 0 Å². The maximum absolute atomic E-state index is 12.6. The lowest BCUT2D eigenvalue weighted by molar-refractivity contribution is 0.0602. The standard InChI is InChI=1S/C22H20N4O3/c1-29-22(28)16-9-3-4-10-17(16)23-21(27)18-12-13-20(25-24-18)26-14-6-8-15-7-2-5-11-19(15)26/h2-5,7,9-13H,6,8,14H2,1H3,(H,23,27). The first-order valence-electron chi connectivity index (χ1n) is 9.35. The van der Waals surface area contributed by atoms with E-state index in [0.717, 1.165) is 25.1 Å². The number of anilines is 3. The van der Waals surface area contributed by atoms with Gasteiger partial charge in [0.2, 0.25) is 0 Å². The minimum absolute atomic E-state index is 0.165. The number of aryl methyl sites for hydroxylation is 1. The van der Waals surface area contributed by atoms with Crippen molar-refractivity contribution in [3.8, 4) is 0 Å². The molecule has 7 nitrogen and oxygen atoms in total. The van der Waals surface area contributed by atoms with Crippen LogP contribution in [0.15, 0.2) is 60.7 Å². The number of rotatable bonds is 4. The Hall–Kier alpha value is -3.74. The molecule has 0 saturated heterocycles. The number of aromatic nitrogens is 2. The Balaban J connectivity index is 1.54. The van der Waals surface area contributed by atoms with Crippen LogP contribution in [-0.4, -0.2) is 35.7 Å². The molecule has 4 rings (SSSR count). The van der Waals surface area contributed by atoms with E-state index in [1.807, 2.05) is 12.1 Å². The summed E-state index contributed by atoms with van der Waals surface area (Å²) in [7, 11) is 1.30. The second kappa shape index (κ2) is 8.10. The molecule has 0 unspecified atom stereocenters. The predicted molar refractivity (Wildman–Crippen MR) is 110 cm³/mol. The molecule has 2 aromatic carbocycles. The average molecular weight is 388 g/mol. The summed E-state index contributed by atoms with van der Waals surface area (Å²) in [6, 6.07) is 18.3. The van der Waals surface area contributed by atoms with Crippen LogP contribution in [0.2, 0.25) is 0 Å². The van der Waals surface area contributed by atoms with Crippen molar-refractivity contribution in [1.29, 1.82) is 0 Å². The van der Waals surface area contributed by atoms with Gasteiger partial charge in [-0.3, -0.25) is 4.79 Å². The molecule has 1 aromatic heterocycles. The highest BCUT2D eigenvalue weighted by Crippen LogP contribution is 2.31. The van der Waals surface area contributed by atoms with Crippen molar-refractivity contribution in [2.75, 3.05) is 23.9 Å². The van der Waals surface area contributed by atoms with E-state index in [1.165, 1.54) is 12.7 Å². The SMILES string of the molecule is COC(=O)c1ccccc1NC(=O)c1ccc(N2CCCc3ccccc32)nn1. The van der Waals surface area contributed by atoms with Gasteiger partial charge in [0.1, 0.15) is 0 Å². The Morgan fingerprint density at radius 2 is 1.79 bits per heavy atom. The number of methoxy groups -OCH3 is 1. The molecule has 146 valence electrons. The quantitative estimate of drug-likeness (QED) is 0.688. The number of nitrogens with zero attached hydrogens (tertiary/aromatic N) is 3. The van der Waals surface area contributed by atoms with E-state index in [-0.39, 0.29) is 11.3 Å². The van der Waals surface area contributed by atoms with Crippen LogP contribution < -0.4 is 10.2 Å². The topological polar surface area (TPSA) is 84.4 Å². The number of hydrogen-bond donors (Lipinski definition) is 1. The highest BCUT2D eigenvalue weighted by Gasteiger charge is 2.20. The zero-order chi connectivity index (χ0) is 20.2. The molecule has 1 aliphatic heterocycles. The molecule has 0 saturated carbocycles. The second-order valence-electron chi connectivity index (χ2n) is 6.65. The number of esters is 1. The molecule has 2 heterocycles. The third-order valence-electron chi connectivity index (χ3n) is 4.85. The number of nitrogens with one attached hydrogen (secondary N) is 1. The van der Waals surface area contributed by atoms with Crippen molar-refractivity contribution in [1.82, 2.24) is 10.2 Å². The lowest BCUT2D eigenvalue weighted by atomic mass is 10.0. The Kier molecular flexibility index (Phi) is 5.20. The van der Waals surface area contributed by atoms with Gasteiger partial charge in [-0.15, -0.1) is 10.2 Å². The van der Waals surface area contributed by atoms with Gasteiger partial charge in [-0.2, -0.15) is 0 Å². The third kappa shape index (κ3) is 3.80. The van der Waals surface area contributed by atoms with Gasteiger partial charge < -0.3 is 15.0 Å². The molecule has 0 spiro atoms. The van der Waals surface area contributed by atoms with E-state index in [2.05, 4.69) is 32.5 Å². The van der Waals surface area contributed by atoms with Crippen molar-refractivity contribution in [3.63, 3.8) is 0 Å². The number of benzene rings is 2. The van der Waals surface area contributed by atoms with Gasteiger partial charge in [0, 0.05) is 12.2 Å². The first kappa shape index (κ1) is 18.6. The zero-order valence-corrected chi connectivity index (χ0v) is 16.0. The number of hydrogen-bond acceptors (Lipinski definition) is 6. The van der Waals surface area contributed by atoms with Gasteiger partial charge in [0.15, 0.2) is 11.5 Å². The van der Waals surface area contributed by atoms with Crippen LogP contribution in [-0.2, 0) is 11.2 Å². The second-order valence-corrected chi connectivity index (χ2v) is 6.65. The predicted octanol–water partition coefficient (Wildman–Crippen LogP) is 3.60. The Morgan fingerprint density at radius 1 is 1.00 bits per heavy atom. The van der Waals surface area contributed by atoms with Crippen LogP contribution >= 0.6 is 0 Å². The van der Waals surface area contributed by atoms with Gasteiger partial charge in [-0.1, -0.05) is 30.3 Å². The van der Waals surface area contributed by atoms with Crippen LogP contribution in [0.1, 0.15) is 32.8 Å². The minimum Gasteiger partial charge on any atom is -0.465 e.